The van der Waals surface area contributed by atoms with Crippen LogP contribution in [0, 0.1) is 0 Å². The zero-order valence-corrected chi connectivity index (χ0v) is 11.7. The fourth-order valence-electron chi connectivity index (χ4n) is 2.01. The van der Waals surface area contributed by atoms with Crippen LogP contribution < -0.4 is 0 Å². The molecule has 5 nitrogen and oxygen atoms in total. The summed E-state index contributed by atoms with van der Waals surface area (Å²) in [5.41, 5.74) is -0.588. The first-order valence-corrected chi connectivity index (χ1v) is 6.54. The largest absolute Gasteiger partial charge is 0.390 e. The van der Waals surface area contributed by atoms with Crippen LogP contribution >= 0.6 is 0 Å². The Bertz CT molecular complexity index is 397. The van der Waals surface area contributed by atoms with Gasteiger partial charge in [0.15, 0.2) is 5.82 Å². The van der Waals surface area contributed by atoms with Gasteiger partial charge in [0.25, 0.3) is 0 Å². The Balaban J connectivity index is 1.93. The average Bonchev–Trinajstić information content (AvgIpc) is 2.69. The van der Waals surface area contributed by atoms with E-state index < -0.39 is 5.60 Å². The van der Waals surface area contributed by atoms with E-state index >= 15 is 0 Å². The van der Waals surface area contributed by atoms with Gasteiger partial charge in [0.2, 0.25) is 5.89 Å². The summed E-state index contributed by atoms with van der Waals surface area (Å²) in [5, 5.41) is 13.9. The van der Waals surface area contributed by atoms with Gasteiger partial charge in [0.1, 0.15) is 0 Å². The molecule has 1 aliphatic rings. The summed E-state index contributed by atoms with van der Waals surface area (Å²) in [6.45, 7) is 10.5. The minimum Gasteiger partial charge on any atom is -0.390 e. The Morgan fingerprint density at radius 1 is 1.33 bits per heavy atom. The predicted molar refractivity (Wildman–Crippen MR) is 68.1 cm³/mol. The fraction of sp³-hybridized carbons (Fsp3) is 0.846. The van der Waals surface area contributed by atoms with Crippen LogP contribution in [0.25, 0.3) is 0 Å². The van der Waals surface area contributed by atoms with Crippen LogP contribution in [0.15, 0.2) is 4.52 Å². The van der Waals surface area contributed by atoms with Crippen LogP contribution in [-0.2, 0) is 12.0 Å². The Labute approximate surface area is 108 Å². The monoisotopic (exact) mass is 253 g/mol. The summed E-state index contributed by atoms with van der Waals surface area (Å²) < 4.78 is 5.28. The van der Waals surface area contributed by atoms with E-state index in [2.05, 4.69) is 35.8 Å². The third-order valence-electron chi connectivity index (χ3n) is 3.43. The molecule has 5 heteroatoms. The molecule has 0 aromatic carbocycles. The van der Waals surface area contributed by atoms with Gasteiger partial charge in [-0.05, 0) is 19.8 Å². The summed E-state index contributed by atoms with van der Waals surface area (Å²) >= 11 is 0. The maximum atomic E-state index is 9.89. The molecule has 0 bridgehead atoms. The van der Waals surface area contributed by atoms with Crippen molar-refractivity contribution in [3.05, 3.63) is 11.7 Å². The number of likely N-dealkylation sites (tertiary alicyclic amines) is 1. The predicted octanol–water partition coefficient (Wildman–Crippen LogP) is 1.71. The lowest BCUT2D eigenvalue weighted by molar-refractivity contribution is -0.00944. The molecule has 1 fully saturated rings. The summed E-state index contributed by atoms with van der Waals surface area (Å²) in [6.07, 6.45) is 1.60. The van der Waals surface area contributed by atoms with Crippen molar-refractivity contribution in [2.24, 2.45) is 0 Å². The van der Waals surface area contributed by atoms with Crippen molar-refractivity contribution >= 4 is 0 Å². The molecule has 0 aliphatic carbocycles. The van der Waals surface area contributed by atoms with Crippen molar-refractivity contribution in [2.45, 2.75) is 58.1 Å². The number of rotatable bonds is 2. The lowest BCUT2D eigenvalue weighted by atomic mass is 9.94. The molecule has 1 aliphatic heterocycles. The van der Waals surface area contributed by atoms with Crippen molar-refractivity contribution in [1.82, 2.24) is 15.0 Å². The molecular weight excluding hydrogens is 230 g/mol. The molecule has 2 heterocycles. The maximum absolute atomic E-state index is 9.89. The molecule has 102 valence electrons. The third-order valence-corrected chi connectivity index (χ3v) is 3.43. The first-order valence-electron chi connectivity index (χ1n) is 6.54. The van der Waals surface area contributed by atoms with E-state index in [1.807, 2.05) is 6.92 Å². The second-order valence-electron chi connectivity index (χ2n) is 6.53. The van der Waals surface area contributed by atoms with Gasteiger partial charge in [0, 0.05) is 18.5 Å². The van der Waals surface area contributed by atoms with Crippen LogP contribution in [0.2, 0.25) is 0 Å². The van der Waals surface area contributed by atoms with Crippen molar-refractivity contribution in [3.8, 4) is 0 Å². The van der Waals surface area contributed by atoms with Crippen LogP contribution in [-0.4, -0.2) is 38.8 Å². The van der Waals surface area contributed by atoms with E-state index in [-0.39, 0.29) is 5.41 Å². The van der Waals surface area contributed by atoms with E-state index in [0.717, 1.165) is 31.8 Å². The second-order valence-corrected chi connectivity index (χ2v) is 6.53. The highest BCUT2D eigenvalue weighted by Gasteiger charge is 2.28. The Kier molecular flexibility index (Phi) is 3.47. The minimum absolute atomic E-state index is 0.0761. The second kappa shape index (κ2) is 4.63. The lowest BCUT2D eigenvalue weighted by Crippen LogP contribution is -2.42. The van der Waals surface area contributed by atoms with Gasteiger partial charge in [-0.3, -0.25) is 4.90 Å². The van der Waals surface area contributed by atoms with Crippen molar-refractivity contribution in [2.75, 3.05) is 13.1 Å². The van der Waals surface area contributed by atoms with Crippen LogP contribution in [0.1, 0.15) is 52.3 Å². The van der Waals surface area contributed by atoms with E-state index in [1.165, 1.54) is 0 Å². The Hall–Kier alpha value is -0.940. The minimum atomic E-state index is -0.512. The van der Waals surface area contributed by atoms with E-state index in [4.69, 9.17) is 4.52 Å². The highest BCUT2D eigenvalue weighted by Crippen LogP contribution is 2.23. The smallest absolute Gasteiger partial charge is 0.240 e. The number of hydrogen-bond donors (Lipinski definition) is 1. The number of nitrogens with zero attached hydrogens (tertiary/aromatic N) is 3. The van der Waals surface area contributed by atoms with Gasteiger partial charge in [0.05, 0.1) is 12.1 Å². The summed E-state index contributed by atoms with van der Waals surface area (Å²) in [4.78, 5) is 6.68. The van der Waals surface area contributed by atoms with E-state index in [9.17, 15) is 5.11 Å². The number of hydrogen-bond acceptors (Lipinski definition) is 5. The molecule has 0 radical (unpaired) electrons. The van der Waals surface area contributed by atoms with Crippen molar-refractivity contribution in [3.63, 3.8) is 0 Å². The van der Waals surface area contributed by atoms with Crippen LogP contribution in [0.4, 0.5) is 0 Å². The van der Waals surface area contributed by atoms with Gasteiger partial charge in [-0.1, -0.05) is 25.9 Å². The Morgan fingerprint density at radius 2 is 1.94 bits per heavy atom. The molecule has 0 saturated carbocycles. The van der Waals surface area contributed by atoms with Gasteiger partial charge in [-0.2, -0.15) is 4.98 Å². The van der Waals surface area contributed by atoms with Crippen LogP contribution in [0.3, 0.4) is 0 Å². The molecule has 0 atom stereocenters. The zero-order valence-electron chi connectivity index (χ0n) is 11.7. The number of aliphatic hydroxyl groups is 1. The number of piperidine rings is 1. The molecule has 0 amide bonds. The van der Waals surface area contributed by atoms with Crippen molar-refractivity contribution in [1.29, 1.82) is 0 Å². The normalized spacial score (nSPS) is 21.2. The molecular formula is C13H23N3O2. The van der Waals surface area contributed by atoms with E-state index in [0.29, 0.717) is 12.4 Å². The highest BCUT2D eigenvalue weighted by molar-refractivity contribution is 5.00. The highest BCUT2D eigenvalue weighted by atomic mass is 16.5. The SMILES string of the molecule is CC1(O)CCN(Cc2nc(C(C)(C)C)no2)CC1. The van der Waals surface area contributed by atoms with Gasteiger partial charge >= 0.3 is 0 Å². The summed E-state index contributed by atoms with van der Waals surface area (Å²) in [6, 6.07) is 0. The maximum Gasteiger partial charge on any atom is 0.240 e. The summed E-state index contributed by atoms with van der Waals surface area (Å²) in [7, 11) is 0. The first-order chi connectivity index (χ1) is 8.26. The van der Waals surface area contributed by atoms with Gasteiger partial charge in [-0.15, -0.1) is 0 Å². The fourth-order valence-corrected chi connectivity index (χ4v) is 2.01. The topological polar surface area (TPSA) is 62.4 Å². The molecule has 0 unspecified atom stereocenters. The quantitative estimate of drug-likeness (QED) is 0.869. The summed E-state index contributed by atoms with van der Waals surface area (Å²) in [5.74, 6) is 1.42. The van der Waals surface area contributed by atoms with Crippen LogP contribution in [0.5, 0.6) is 0 Å². The lowest BCUT2D eigenvalue weighted by Gasteiger charge is -2.34. The van der Waals surface area contributed by atoms with Crippen molar-refractivity contribution < 1.29 is 9.63 Å². The molecule has 0 spiro atoms. The molecule has 1 aromatic heterocycles. The van der Waals surface area contributed by atoms with Gasteiger partial charge < -0.3 is 9.63 Å². The Morgan fingerprint density at radius 3 is 2.44 bits per heavy atom. The first kappa shape index (κ1) is 13.5. The zero-order chi connectivity index (χ0) is 13.4. The molecule has 1 aromatic rings. The number of aromatic nitrogens is 2. The molecule has 18 heavy (non-hydrogen) atoms. The van der Waals surface area contributed by atoms with Gasteiger partial charge in [-0.25, -0.2) is 0 Å². The molecule has 1 saturated heterocycles. The average molecular weight is 253 g/mol. The molecule has 2 rings (SSSR count). The third kappa shape index (κ3) is 3.29. The molecule has 1 N–H and O–H groups in total. The van der Waals surface area contributed by atoms with E-state index in [1.54, 1.807) is 0 Å². The standard InChI is InChI=1S/C13H23N3O2/c1-12(2,3)11-14-10(18-15-11)9-16-7-5-13(4,17)6-8-16/h17H,5-9H2,1-4H3.